The molecule has 4 aromatic rings. The molecule has 0 unspecified atom stereocenters. The molecule has 158 valence electrons. The van der Waals surface area contributed by atoms with Crippen LogP contribution in [0.25, 0.3) is 16.9 Å². The Morgan fingerprint density at radius 1 is 0.774 bits per heavy atom. The van der Waals surface area contributed by atoms with Crippen LogP contribution in [0.2, 0.25) is 0 Å². The van der Waals surface area contributed by atoms with E-state index in [2.05, 4.69) is 34.0 Å². The Morgan fingerprint density at radius 2 is 1.48 bits per heavy atom. The number of hydrogen-bond donors (Lipinski definition) is 0. The summed E-state index contributed by atoms with van der Waals surface area (Å²) >= 11 is 0. The zero-order valence-corrected chi connectivity index (χ0v) is 18.0. The lowest BCUT2D eigenvalue weighted by molar-refractivity contribution is 0.595. The van der Waals surface area contributed by atoms with Gasteiger partial charge in [0.15, 0.2) is 11.6 Å². The van der Waals surface area contributed by atoms with Crippen LogP contribution in [0.3, 0.4) is 0 Å². The van der Waals surface area contributed by atoms with E-state index in [0.29, 0.717) is 18.8 Å². The highest BCUT2D eigenvalue weighted by Gasteiger charge is 2.25. The summed E-state index contributed by atoms with van der Waals surface area (Å²) < 4.78 is 16.1. The molecule has 5 rings (SSSR count). The topological polar surface area (TPSA) is 50.1 Å². The van der Waals surface area contributed by atoms with Gasteiger partial charge in [-0.3, -0.25) is 0 Å². The number of aryl methyl sites for hydroxylation is 3. The summed E-state index contributed by atoms with van der Waals surface area (Å²) in [6.07, 6.45) is 0. The monoisotopic (exact) mass is 416 g/mol. The Hall–Kier alpha value is -3.48. The van der Waals surface area contributed by atoms with E-state index < -0.39 is 0 Å². The van der Waals surface area contributed by atoms with Crippen LogP contribution in [-0.4, -0.2) is 45.9 Å². The fraction of sp³-hybridized carbons (Fsp3) is 0.292. The predicted octanol–water partition coefficient (Wildman–Crippen LogP) is 4.21. The fourth-order valence-electron chi connectivity index (χ4n) is 4.21. The number of rotatable bonds is 3. The molecule has 0 amide bonds. The number of aromatic nitrogens is 4. The number of anilines is 2. The number of fused-ring (bicyclic) bond motifs is 1. The van der Waals surface area contributed by atoms with E-state index in [0.717, 1.165) is 52.7 Å². The van der Waals surface area contributed by atoms with E-state index in [1.54, 1.807) is 6.07 Å². The number of halogens is 1. The predicted molar refractivity (Wildman–Crippen MR) is 122 cm³/mol. The summed E-state index contributed by atoms with van der Waals surface area (Å²) in [4.78, 5) is 14.3. The van der Waals surface area contributed by atoms with E-state index in [-0.39, 0.29) is 5.82 Å². The molecule has 6 nitrogen and oxygen atoms in total. The van der Waals surface area contributed by atoms with Crippen molar-refractivity contribution in [3.63, 3.8) is 0 Å². The quantitative estimate of drug-likeness (QED) is 0.501. The lowest BCUT2D eigenvalue weighted by Crippen LogP contribution is -2.47. The maximum absolute atomic E-state index is 14.2. The lowest BCUT2D eigenvalue weighted by Gasteiger charge is -2.37. The fourth-order valence-corrected chi connectivity index (χ4v) is 4.21. The molecular weight excluding hydrogens is 391 g/mol. The second-order valence-corrected chi connectivity index (χ2v) is 8.13. The van der Waals surface area contributed by atoms with Crippen molar-refractivity contribution in [3.8, 4) is 5.82 Å². The highest BCUT2D eigenvalue weighted by molar-refractivity contribution is 5.79. The Bertz CT molecular complexity index is 1260. The number of hydrogen-bond acceptors (Lipinski definition) is 5. The normalized spacial score (nSPS) is 14.5. The number of benzene rings is 2. The van der Waals surface area contributed by atoms with Crippen LogP contribution >= 0.6 is 0 Å². The van der Waals surface area contributed by atoms with Crippen LogP contribution in [0.4, 0.5) is 15.9 Å². The molecule has 7 heteroatoms. The molecule has 1 aliphatic rings. The molecule has 2 aromatic heterocycles. The first-order valence-corrected chi connectivity index (χ1v) is 10.6. The summed E-state index contributed by atoms with van der Waals surface area (Å²) in [7, 11) is 0. The highest BCUT2D eigenvalue weighted by atomic mass is 19.1. The lowest BCUT2D eigenvalue weighted by atomic mass is 10.2. The Balaban J connectivity index is 1.53. The van der Waals surface area contributed by atoms with E-state index in [1.807, 2.05) is 42.8 Å². The molecule has 31 heavy (non-hydrogen) atoms. The van der Waals surface area contributed by atoms with Crippen LogP contribution < -0.4 is 9.80 Å². The molecule has 1 saturated heterocycles. The number of para-hydroxylation sites is 1. The SMILES string of the molecule is Cc1ccc2nc(N3CCN(c4ccccc4F)CC3)c(-n3nc(C)cc3C)nc2c1. The van der Waals surface area contributed by atoms with Gasteiger partial charge in [-0.1, -0.05) is 18.2 Å². The van der Waals surface area contributed by atoms with Crippen molar-refractivity contribution in [1.82, 2.24) is 19.7 Å². The Kier molecular flexibility index (Phi) is 4.81. The van der Waals surface area contributed by atoms with Crippen molar-refractivity contribution < 1.29 is 4.39 Å². The van der Waals surface area contributed by atoms with Gasteiger partial charge in [-0.2, -0.15) is 5.10 Å². The number of nitrogens with zero attached hydrogens (tertiary/aromatic N) is 6. The maximum atomic E-state index is 14.2. The maximum Gasteiger partial charge on any atom is 0.197 e. The van der Waals surface area contributed by atoms with Crippen LogP contribution in [0.1, 0.15) is 17.0 Å². The van der Waals surface area contributed by atoms with Gasteiger partial charge in [0.2, 0.25) is 0 Å². The Morgan fingerprint density at radius 3 is 2.19 bits per heavy atom. The Labute approximate surface area is 181 Å². The van der Waals surface area contributed by atoms with Crippen LogP contribution in [0.5, 0.6) is 0 Å². The molecule has 0 N–H and O–H groups in total. The average Bonchev–Trinajstić information content (AvgIpc) is 3.11. The smallest absolute Gasteiger partial charge is 0.197 e. The molecule has 1 aliphatic heterocycles. The molecule has 3 heterocycles. The van der Waals surface area contributed by atoms with E-state index in [9.17, 15) is 4.39 Å². The average molecular weight is 417 g/mol. The van der Waals surface area contributed by atoms with Gasteiger partial charge < -0.3 is 9.80 Å². The standard InChI is InChI=1S/C24H25FN6/c1-16-8-9-20-21(14-16)27-24(31-18(3)15-17(2)28-31)23(26-20)30-12-10-29(11-13-30)22-7-5-4-6-19(22)25/h4-9,14-15H,10-13H2,1-3H3. The van der Waals surface area contributed by atoms with Gasteiger partial charge in [-0.05, 0) is 56.7 Å². The van der Waals surface area contributed by atoms with Gasteiger partial charge in [0, 0.05) is 31.9 Å². The zero-order valence-electron chi connectivity index (χ0n) is 18.0. The summed E-state index contributed by atoms with van der Waals surface area (Å²) in [5.74, 6) is 1.37. The molecule has 1 fully saturated rings. The molecule has 0 aliphatic carbocycles. The van der Waals surface area contributed by atoms with Gasteiger partial charge in [-0.15, -0.1) is 0 Å². The van der Waals surface area contributed by atoms with E-state index in [1.165, 1.54) is 6.07 Å². The first-order valence-electron chi connectivity index (χ1n) is 10.6. The first kappa shape index (κ1) is 19.5. The second-order valence-electron chi connectivity index (χ2n) is 8.13. The zero-order chi connectivity index (χ0) is 21.5. The van der Waals surface area contributed by atoms with Crippen molar-refractivity contribution in [3.05, 3.63) is 71.3 Å². The van der Waals surface area contributed by atoms with Crippen LogP contribution in [0.15, 0.2) is 48.5 Å². The van der Waals surface area contributed by atoms with Crippen molar-refractivity contribution in [1.29, 1.82) is 0 Å². The summed E-state index contributed by atoms with van der Waals surface area (Å²) in [5.41, 5.74) is 5.48. The van der Waals surface area contributed by atoms with E-state index >= 15 is 0 Å². The van der Waals surface area contributed by atoms with Crippen molar-refractivity contribution >= 4 is 22.5 Å². The summed E-state index contributed by atoms with van der Waals surface area (Å²) in [5, 5.41) is 4.67. The largest absolute Gasteiger partial charge is 0.366 e. The third-order valence-electron chi connectivity index (χ3n) is 5.77. The third-order valence-corrected chi connectivity index (χ3v) is 5.77. The molecule has 0 bridgehead atoms. The minimum Gasteiger partial charge on any atom is -0.366 e. The molecule has 2 aromatic carbocycles. The molecule has 0 saturated carbocycles. The minimum absolute atomic E-state index is 0.180. The molecule has 0 spiro atoms. The van der Waals surface area contributed by atoms with Crippen molar-refractivity contribution in [2.45, 2.75) is 20.8 Å². The molecule has 0 atom stereocenters. The van der Waals surface area contributed by atoms with Gasteiger partial charge in [-0.25, -0.2) is 19.0 Å². The minimum atomic E-state index is -0.180. The van der Waals surface area contributed by atoms with Crippen molar-refractivity contribution in [2.75, 3.05) is 36.0 Å². The van der Waals surface area contributed by atoms with Gasteiger partial charge in [0.1, 0.15) is 5.82 Å². The van der Waals surface area contributed by atoms with Crippen LogP contribution in [0, 0.1) is 26.6 Å². The summed E-state index contributed by atoms with van der Waals surface area (Å²) in [6, 6.07) is 15.1. The second kappa shape index (κ2) is 7.65. The summed E-state index contributed by atoms with van der Waals surface area (Å²) in [6.45, 7) is 8.95. The van der Waals surface area contributed by atoms with Gasteiger partial charge in [0.25, 0.3) is 0 Å². The first-order chi connectivity index (χ1) is 15.0. The van der Waals surface area contributed by atoms with Gasteiger partial charge >= 0.3 is 0 Å². The van der Waals surface area contributed by atoms with Gasteiger partial charge in [0.05, 0.1) is 22.4 Å². The molecular formula is C24H25FN6. The van der Waals surface area contributed by atoms with Crippen molar-refractivity contribution in [2.24, 2.45) is 0 Å². The molecule has 0 radical (unpaired) electrons. The van der Waals surface area contributed by atoms with Crippen LogP contribution in [-0.2, 0) is 0 Å². The number of piperazine rings is 1. The van der Waals surface area contributed by atoms with E-state index in [4.69, 9.17) is 9.97 Å². The third kappa shape index (κ3) is 3.60. The highest BCUT2D eigenvalue weighted by Crippen LogP contribution is 2.28.